The van der Waals surface area contributed by atoms with Crippen molar-refractivity contribution in [1.82, 2.24) is 0 Å². The summed E-state index contributed by atoms with van der Waals surface area (Å²) in [6.07, 6.45) is 0.346. The van der Waals surface area contributed by atoms with Crippen LogP contribution < -0.4 is 5.32 Å². The van der Waals surface area contributed by atoms with Gasteiger partial charge in [-0.05, 0) is 31.2 Å². The lowest BCUT2D eigenvalue weighted by molar-refractivity contribution is -0.142. The van der Waals surface area contributed by atoms with Gasteiger partial charge >= 0.3 is 5.97 Å². The molecule has 96 valence electrons. The summed E-state index contributed by atoms with van der Waals surface area (Å²) in [6.45, 7) is 1.96. The van der Waals surface area contributed by atoms with Gasteiger partial charge in [-0.3, -0.25) is 0 Å². The molecule has 0 aliphatic carbocycles. The fraction of sp³-hybridized carbons (Fsp3) is 0.385. The number of carboxylic acids is 1. The SMILES string of the molecule is COCCC(C)(Nc1ccc(C#N)cc1)C(=O)O. The van der Waals surface area contributed by atoms with Crippen LogP contribution in [-0.2, 0) is 9.53 Å². The smallest absolute Gasteiger partial charge is 0.329 e. The third kappa shape index (κ3) is 3.47. The van der Waals surface area contributed by atoms with Gasteiger partial charge in [0.05, 0.1) is 11.6 Å². The number of rotatable bonds is 6. The first-order chi connectivity index (χ1) is 8.51. The Labute approximate surface area is 106 Å². The van der Waals surface area contributed by atoms with Gasteiger partial charge in [0, 0.05) is 25.8 Å². The van der Waals surface area contributed by atoms with Crippen molar-refractivity contribution in [3.63, 3.8) is 0 Å². The van der Waals surface area contributed by atoms with Crippen molar-refractivity contribution in [3.8, 4) is 6.07 Å². The fourth-order valence-corrected chi connectivity index (χ4v) is 1.48. The minimum Gasteiger partial charge on any atom is -0.480 e. The maximum atomic E-state index is 11.3. The topological polar surface area (TPSA) is 82.3 Å². The summed E-state index contributed by atoms with van der Waals surface area (Å²) >= 11 is 0. The van der Waals surface area contributed by atoms with Gasteiger partial charge in [0.25, 0.3) is 0 Å². The number of ether oxygens (including phenoxy) is 1. The number of anilines is 1. The van der Waals surface area contributed by atoms with Crippen LogP contribution in [0.1, 0.15) is 18.9 Å². The molecular weight excluding hydrogens is 232 g/mol. The molecule has 0 aromatic heterocycles. The average molecular weight is 248 g/mol. The van der Waals surface area contributed by atoms with Crippen molar-refractivity contribution in [3.05, 3.63) is 29.8 Å². The van der Waals surface area contributed by atoms with Crippen molar-refractivity contribution in [2.45, 2.75) is 18.9 Å². The van der Waals surface area contributed by atoms with Crippen LogP contribution in [0.15, 0.2) is 24.3 Å². The van der Waals surface area contributed by atoms with Crippen LogP contribution in [0.25, 0.3) is 0 Å². The Morgan fingerprint density at radius 1 is 1.50 bits per heavy atom. The third-order valence-electron chi connectivity index (χ3n) is 2.71. The van der Waals surface area contributed by atoms with Gasteiger partial charge in [0.15, 0.2) is 0 Å². The molecule has 0 saturated heterocycles. The van der Waals surface area contributed by atoms with Gasteiger partial charge in [0.1, 0.15) is 5.54 Å². The average Bonchev–Trinajstić information content (AvgIpc) is 2.37. The molecule has 0 heterocycles. The molecule has 0 saturated carbocycles. The Kier molecular flexibility index (Phi) is 4.69. The second-order valence-corrected chi connectivity index (χ2v) is 4.19. The highest BCUT2D eigenvalue weighted by atomic mass is 16.5. The summed E-state index contributed by atoms with van der Waals surface area (Å²) < 4.78 is 4.92. The van der Waals surface area contributed by atoms with E-state index < -0.39 is 11.5 Å². The van der Waals surface area contributed by atoms with Gasteiger partial charge in [-0.25, -0.2) is 4.79 Å². The number of nitriles is 1. The van der Waals surface area contributed by atoms with E-state index in [0.29, 0.717) is 24.3 Å². The molecule has 0 fully saturated rings. The first-order valence-electron chi connectivity index (χ1n) is 5.52. The Balaban J connectivity index is 2.83. The highest BCUT2D eigenvalue weighted by Crippen LogP contribution is 2.19. The minimum atomic E-state index is -1.09. The van der Waals surface area contributed by atoms with E-state index in [9.17, 15) is 9.90 Å². The molecule has 0 amide bonds. The highest BCUT2D eigenvalue weighted by molar-refractivity contribution is 5.82. The van der Waals surface area contributed by atoms with E-state index in [1.54, 1.807) is 31.2 Å². The Morgan fingerprint density at radius 3 is 2.56 bits per heavy atom. The molecule has 0 bridgehead atoms. The maximum absolute atomic E-state index is 11.3. The van der Waals surface area contributed by atoms with Gasteiger partial charge in [-0.2, -0.15) is 5.26 Å². The molecular formula is C13H16N2O3. The lowest BCUT2D eigenvalue weighted by atomic mass is 9.98. The fourth-order valence-electron chi connectivity index (χ4n) is 1.48. The third-order valence-corrected chi connectivity index (χ3v) is 2.71. The van der Waals surface area contributed by atoms with E-state index in [0.717, 1.165) is 0 Å². The first-order valence-corrected chi connectivity index (χ1v) is 5.52. The van der Waals surface area contributed by atoms with Crippen molar-refractivity contribution >= 4 is 11.7 Å². The number of hydrogen-bond acceptors (Lipinski definition) is 4. The standard InChI is InChI=1S/C13H16N2O3/c1-13(12(16)17,7-8-18-2)15-11-5-3-10(9-14)4-6-11/h3-6,15H,7-8H2,1-2H3,(H,16,17). The number of carboxylic acid groups (broad SMARTS) is 1. The number of nitrogens with one attached hydrogen (secondary N) is 1. The number of methoxy groups -OCH3 is 1. The molecule has 1 unspecified atom stereocenters. The van der Waals surface area contributed by atoms with Crippen LogP contribution >= 0.6 is 0 Å². The lowest BCUT2D eigenvalue weighted by Crippen LogP contribution is -2.44. The first kappa shape index (κ1) is 14.0. The van der Waals surface area contributed by atoms with Gasteiger partial charge in [-0.1, -0.05) is 0 Å². The quantitative estimate of drug-likeness (QED) is 0.802. The number of nitrogens with zero attached hydrogens (tertiary/aromatic N) is 1. The van der Waals surface area contributed by atoms with Crippen LogP contribution in [0.2, 0.25) is 0 Å². The molecule has 5 nitrogen and oxygen atoms in total. The zero-order valence-electron chi connectivity index (χ0n) is 10.4. The molecule has 0 aliphatic rings. The van der Waals surface area contributed by atoms with Crippen LogP contribution in [0, 0.1) is 11.3 Å². The summed E-state index contributed by atoms with van der Waals surface area (Å²) in [5.74, 6) is -0.941. The molecule has 18 heavy (non-hydrogen) atoms. The van der Waals surface area contributed by atoms with Crippen LogP contribution in [0.4, 0.5) is 5.69 Å². The monoisotopic (exact) mass is 248 g/mol. The molecule has 5 heteroatoms. The van der Waals surface area contributed by atoms with Gasteiger partial charge in [0.2, 0.25) is 0 Å². The highest BCUT2D eigenvalue weighted by Gasteiger charge is 2.32. The Morgan fingerprint density at radius 2 is 2.11 bits per heavy atom. The van der Waals surface area contributed by atoms with Crippen LogP contribution in [0.3, 0.4) is 0 Å². The van der Waals surface area contributed by atoms with Crippen molar-refractivity contribution in [1.29, 1.82) is 5.26 Å². The predicted octanol–water partition coefficient (Wildman–Crippen LogP) is 1.85. The normalized spacial score (nSPS) is 13.4. The number of aliphatic carboxylic acids is 1. The summed E-state index contributed by atoms with van der Waals surface area (Å²) in [4.78, 5) is 11.3. The molecule has 1 aromatic carbocycles. The van der Waals surface area contributed by atoms with Gasteiger partial charge in [-0.15, -0.1) is 0 Å². The summed E-state index contributed by atoms with van der Waals surface area (Å²) in [6, 6.07) is 8.66. The molecule has 1 atom stereocenters. The summed E-state index contributed by atoms with van der Waals surface area (Å²) in [7, 11) is 1.53. The predicted molar refractivity (Wildman–Crippen MR) is 67.3 cm³/mol. The molecule has 0 spiro atoms. The van der Waals surface area contributed by atoms with E-state index in [1.165, 1.54) is 7.11 Å². The van der Waals surface area contributed by atoms with E-state index in [4.69, 9.17) is 10.00 Å². The Bertz CT molecular complexity index is 450. The van der Waals surface area contributed by atoms with E-state index in [-0.39, 0.29) is 0 Å². The van der Waals surface area contributed by atoms with E-state index >= 15 is 0 Å². The second kappa shape index (κ2) is 6.03. The number of carbonyl (C=O) groups is 1. The minimum absolute atomic E-state index is 0.346. The van der Waals surface area contributed by atoms with Crippen molar-refractivity contribution in [2.24, 2.45) is 0 Å². The number of benzene rings is 1. The molecule has 1 rings (SSSR count). The lowest BCUT2D eigenvalue weighted by Gasteiger charge is -2.27. The summed E-state index contributed by atoms with van der Waals surface area (Å²) in [5.41, 5.74) is 0.106. The largest absolute Gasteiger partial charge is 0.480 e. The van der Waals surface area contributed by atoms with Crippen LogP contribution in [0.5, 0.6) is 0 Å². The van der Waals surface area contributed by atoms with Gasteiger partial charge < -0.3 is 15.2 Å². The van der Waals surface area contributed by atoms with Crippen molar-refractivity contribution < 1.29 is 14.6 Å². The zero-order valence-corrected chi connectivity index (χ0v) is 10.4. The summed E-state index contributed by atoms with van der Waals surface area (Å²) in [5, 5.41) is 20.9. The van der Waals surface area contributed by atoms with Crippen LogP contribution in [-0.4, -0.2) is 30.3 Å². The van der Waals surface area contributed by atoms with Crippen molar-refractivity contribution in [2.75, 3.05) is 19.0 Å². The Hall–Kier alpha value is -2.06. The zero-order chi connectivity index (χ0) is 13.6. The molecule has 1 aromatic rings. The van der Waals surface area contributed by atoms with E-state index in [1.807, 2.05) is 6.07 Å². The molecule has 2 N–H and O–H groups in total. The maximum Gasteiger partial charge on any atom is 0.329 e. The second-order valence-electron chi connectivity index (χ2n) is 4.19. The molecule has 0 radical (unpaired) electrons. The number of hydrogen-bond donors (Lipinski definition) is 2. The van der Waals surface area contributed by atoms with E-state index in [2.05, 4.69) is 5.32 Å². The molecule has 0 aliphatic heterocycles.